The largest absolute Gasteiger partial charge is 0.496 e. The summed E-state index contributed by atoms with van der Waals surface area (Å²) in [4.78, 5) is 16.3. The molecular formula is C36H37Cl2N3O3. The Morgan fingerprint density at radius 2 is 1.61 bits per heavy atom. The Bertz CT molecular complexity index is 1690. The summed E-state index contributed by atoms with van der Waals surface area (Å²) in [6.45, 7) is 1.98. The van der Waals surface area contributed by atoms with E-state index in [-0.39, 0.29) is 11.9 Å². The maximum absolute atomic E-state index is 11.5. The van der Waals surface area contributed by atoms with Gasteiger partial charge in [0.1, 0.15) is 5.75 Å². The van der Waals surface area contributed by atoms with E-state index in [4.69, 9.17) is 43.1 Å². The normalized spacial score (nSPS) is 14.4. The average molecular weight is 631 g/mol. The molecule has 44 heavy (non-hydrogen) atoms. The highest BCUT2D eigenvalue weighted by Crippen LogP contribution is 2.43. The zero-order chi connectivity index (χ0) is 31.2. The number of aryl methyl sites for hydroxylation is 1. The lowest BCUT2D eigenvalue weighted by molar-refractivity contribution is -0.119. The topological polar surface area (TPSA) is 84.3 Å². The minimum absolute atomic E-state index is 0.144. The van der Waals surface area contributed by atoms with Gasteiger partial charge < -0.3 is 20.2 Å². The number of nitrogens with zero attached hydrogens (tertiary/aromatic N) is 1. The zero-order valence-corrected chi connectivity index (χ0v) is 26.8. The van der Waals surface area contributed by atoms with Crippen molar-refractivity contribution in [2.45, 2.75) is 57.9 Å². The predicted molar refractivity (Wildman–Crippen MR) is 179 cm³/mol. The Morgan fingerprint density at radius 3 is 2.27 bits per heavy atom. The highest BCUT2D eigenvalue weighted by molar-refractivity contribution is 6.39. The number of benzene rings is 3. The molecule has 0 bridgehead atoms. The van der Waals surface area contributed by atoms with E-state index >= 15 is 0 Å². The van der Waals surface area contributed by atoms with Crippen LogP contribution in [0.25, 0.3) is 33.5 Å². The third-order valence-electron chi connectivity index (χ3n) is 8.21. The monoisotopic (exact) mass is 629 g/mol. The van der Waals surface area contributed by atoms with Crippen LogP contribution in [-0.4, -0.2) is 36.9 Å². The number of halogens is 2. The van der Waals surface area contributed by atoms with Gasteiger partial charge in [0.25, 0.3) is 0 Å². The first-order valence-corrected chi connectivity index (χ1v) is 15.7. The molecule has 1 saturated heterocycles. The van der Waals surface area contributed by atoms with E-state index in [1.807, 2.05) is 73.7 Å². The van der Waals surface area contributed by atoms with Crippen LogP contribution < -0.4 is 14.8 Å². The Morgan fingerprint density at radius 1 is 0.932 bits per heavy atom. The van der Waals surface area contributed by atoms with E-state index in [1.165, 1.54) is 0 Å². The third kappa shape index (κ3) is 6.92. The lowest BCUT2D eigenvalue weighted by Gasteiger charge is -2.16. The van der Waals surface area contributed by atoms with Crippen molar-refractivity contribution < 1.29 is 14.3 Å². The van der Waals surface area contributed by atoms with Crippen LogP contribution >= 0.6 is 23.2 Å². The standard InChI is InChI=1S/C36H37Cl2N3O3/c1-4-25(39)20-24-15-14-23(21-32(24)43-2)27-10-6-11-28(34(27)37)29-12-7-13-30(35(29)38)31-18-16-22(36(41-31)44-3)8-5-9-26-17-19-33(42)40-26/h6-7,10-16,18,21,26,39H,4-5,8-9,17,19-20H2,1-3H3,(H,40,42)/t26-/m1/s1. The summed E-state index contributed by atoms with van der Waals surface area (Å²) in [7, 11) is 3.28. The van der Waals surface area contributed by atoms with Crippen LogP contribution in [0.2, 0.25) is 10.0 Å². The molecule has 2 N–H and O–H groups in total. The molecule has 0 saturated carbocycles. The second kappa shape index (κ2) is 14.3. The number of ether oxygens (including phenoxy) is 2. The summed E-state index contributed by atoms with van der Waals surface area (Å²) in [6, 6.07) is 22.1. The zero-order valence-electron chi connectivity index (χ0n) is 25.3. The van der Waals surface area contributed by atoms with E-state index in [0.29, 0.717) is 46.6 Å². The molecule has 1 aromatic heterocycles. The minimum atomic E-state index is 0.144. The number of pyridine rings is 1. The van der Waals surface area contributed by atoms with Crippen LogP contribution in [0.1, 0.15) is 50.2 Å². The highest BCUT2D eigenvalue weighted by Gasteiger charge is 2.21. The fourth-order valence-corrected chi connectivity index (χ4v) is 6.39. The number of amides is 1. The lowest BCUT2D eigenvalue weighted by atomic mass is 9.95. The molecule has 6 nitrogen and oxygen atoms in total. The number of methoxy groups -OCH3 is 2. The molecule has 3 aromatic carbocycles. The number of hydrogen-bond donors (Lipinski definition) is 2. The van der Waals surface area contributed by atoms with Gasteiger partial charge in [-0.1, -0.05) is 84.7 Å². The maximum Gasteiger partial charge on any atom is 0.220 e. The summed E-state index contributed by atoms with van der Waals surface area (Å²) in [5.74, 6) is 1.45. The SMILES string of the molecule is CCC(=N)Cc1ccc(-c2cccc(-c3cccc(-c4ccc(CCC[C@@H]5CCC(=O)N5)c(OC)n4)c3Cl)c2Cl)cc1OC. The van der Waals surface area contributed by atoms with E-state index in [0.717, 1.165) is 70.4 Å². The van der Waals surface area contributed by atoms with E-state index in [9.17, 15) is 4.79 Å². The molecule has 1 amide bonds. The molecule has 1 fully saturated rings. The highest BCUT2D eigenvalue weighted by atomic mass is 35.5. The van der Waals surface area contributed by atoms with Gasteiger partial charge in [-0.3, -0.25) is 4.79 Å². The number of hydrogen-bond acceptors (Lipinski definition) is 5. The summed E-state index contributed by atoms with van der Waals surface area (Å²) in [6.07, 6.45) is 5.46. The molecule has 8 heteroatoms. The molecule has 4 aromatic rings. The van der Waals surface area contributed by atoms with E-state index in [2.05, 4.69) is 5.32 Å². The van der Waals surface area contributed by atoms with Crippen LogP contribution in [-0.2, 0) is 17.6 Å². The summed E-state index contributed by atoms with van der Waals surface area (Å²) >= 11 is 14.1. The number of aromatic nitrogens is 1. The van der Waals surface area contributed by atoms with Crippen molar-refractivity contribution in [3.8, 4) is 45.1 Å². The molecule has 0 spiro atoms. The van der Waals surface area contributed by atoms with Crippen molar-refractivity contribution in [3.63, 3.8) is 0 Å². The second-order valence-corrected chi connectivity index (χ2v) is 11.8. The van der Waals surface area contributed by atoms with E-state index < -0.39 is 0 Å². The van der Waals surface area contributed by atoms with Crippen molar-refractivity contribution in [2.24, 2.45) is 0 Å². The van der Waals surface area contributed by atoms with Crippen LogP contribution in [0.4, 0.5) is 0 Å². The Kier molecular flexibility index (Phi) is 10.2. The lowest BCUT2D eigenvalue weighted by Crippen LogP contribution is -2.25. The first-order valence-electron chi connectivity index (χ1n) is 15.0. The van der Waals surface area contributed by atoms with Crippen LogP contribution in [0, 0.1) is 5.41 Å². The van der Waals surface area contributed by atoms with Crippen molar-refractivity contribution in [1.82, 2.24) is 10.3 Å². The van der Waals surface area contributed by atoms with Crippen molar-refractivity contribution in [3.05, 3.63) is 87.9 Å². The van der Waals surface area contributed by atoms with Crippen LogP contribution in [0.5, 0.6) is 11.6 Å². The predicted octanol–water partition coefficient (Wildman–Crippen LogP) is 8.98. The first-order chi connectivity index (χ1) is 21.3. The summed E-state index contributed by atoms with van der Waals surface area (Å²) in [5.41, 5.74) is 7.56. The van der Waals surface area contributed by atoms with Gasteiger partial charge in [0.2, 0.25) is 11.8 Å². The second-order valence-electron chi connectivity index (χ2n) is 11.1. The smallest absolute Gasteiger partial charge is 0.220 e. The van der Waals surface area contributed by atoms with Gasteiger partial charge >= 0.3 is 0 Å². The molecule has 0 aliphatic carbocycles. The molecule has 2 heterocycles. The molecule has 1 aliphatic rings. The molecule has 1 aliphatic heterocycles. The van der Waals surface area contributed by atoms with Crippen molar-refractivity contribution in [2.75, 3.05) is 14.2 Å². The van der Waals surface area contributed by atoms with Crippen molar-refractivity contribution >= 4 is 34.8 Å². The Labute approximate surface area is 269 Å². The fraction of sp³-hybridized carbons (Fsp3) is 0.306. The summed E-state index contributed by atoms with van der Waals surface area (Å²) in [5, 5.41) is 12.3. The van der Waals surface area contributed by atoms with Gasteiger partial charge in [-0.15, -0.1) is 0 Å². The van der Waals surface area contributed by atoms with Crippen LogP contribution in [0.15, 0.2) is 66.7 Å². The van der Waals surface area contributed by atoms with Gasteiger partial charge in [-0.2, -0.15) is 0 Å². The van der Waals surface area contributed by atoms with Gasteiger partial charge in [0, 0.05) is 52.4 Å². The van der Waals surface area contributed by atoms with Crippen LogP contribution in [0.3, 0.4) is 0 Å². The molecule has 0 radical (unpaired) electrons. The van der Waals surface area contributed by atoms with Gasteiger partial charge in [-0.25, -0.2) is 4.98 Å². The van der Waals surface area contributed by atoms with E-state index in [1.54, 1.807) is 14.2 Å². The van der Waals surface area contributed by atoms with Gasteiger partial charge in [0.05, 0.1) is 30.0 Å². The molecule has 228 valence electrons. The maximum atomic E-state index is 11.5. The minimum Gasteiger partial charge on any atom is -0.496 e. The van der Waals surface area contributed by atoms with Gasteiger partial charge in [0.15, 0.2) is 0 Å². The number of carbonyl (C=O) groups excluding carboxylic acids is 1. The number of nitrogens with one attached hydrogen (secondary N) is 2. The Balaban J connectivity index is 1.42. The number of rotatable bonds is 12. The third-order valence-corrected chi connectivity index (χ3v) is 9.02. The molecule has 1 atom stereocenters. The molecule has 0 unspecified atom stereocenters. The molecule has 5 rings (SSSR count). The quantitative estimate of drug-likeness (QED) is 0.153. The first kappa shape index (κ1) is 31.6. The summed E-state index contributed by atoms with van der Waals surface area (Å²) < 4.78 is 11.3. The molecular weight excluding hydrogens is 593 g/mol. The fourth-order valence-electron chi connectivity index (χ4n) is 5.73. The average Bonchev–Trinajstić information content (AvgIpc) is 3.46. The van der Waals surface area contributed by atoms with Crippen molar-refractivity contribution in [1.29, 1.82) is 5.41 Å². The van der Waals surface area contributed by atoms with Gasteiger partial charge in [-0.05, 0) is 55.4 Å². The number of carbonyl (C=O) groups is 1. The Hall–Kier alpha value is -3.87.